The van der Waals surface area contributed by atoms with Crippen LogP contribution in [0.2, 0.25) is 0 Å². The summed E-state index contributed by atoms with van der Waals surface area (Å²) in [6, 6.07) is 0.178. The van der Waals surface area contributed by atoms with E-state index in [4.69, 9.17) is 5.73 Å². The molecule has 1 atom stereocenters. The zero-order chi connectivity index (χ0) is 18.0. The molecule has 1 aliphatic rings. The van der Waals surface area contributed by atoms with E-state index in [0.29, 0.717) is 19.0 Å². The molecule has 9 heteroatoms. The Morgan fingerprint density at radius 3 is 2.64 bits per heavy atom. The summed E-state index contributed by atoms with van der Waals surface area (Å²) in [5.41, 5.74) is 7.01. The predicted molar refractivity (Wildman–Crippen MR) is 86.9 cm³/mol. The van der Waals surface area contributed by atoms with Crippen LogP contribution in [0.1, 0.15) is 36.6 Å². The van der Waals surface area contributed by atoms with Crippen molar-refractivity contribution < 1.29 is 13.2 Å². The van der Waals surface area contributed by atoms with Gasteiger partial charge >= 0.3 is 6.18 Å². The lowest BCUT2D eigenvalue weighted by Crippen LogP contribution is -2.31. The maximum atomic E-state index is 12.6. The number of rotatable bonds is 5. The van der Waals surface area contributed by atoms with Crippen LogP contribution in [0, 0.1) is 0 Å². The van der Waals surface area contributed by atoms with Gasteiger partial charge in [0, 0.05) is 56.3 Å². The minimum atomic E-state index is -4.42. The fourth-order valence-electron chi connectivity index (χ4n) is 2.86. The molecule has 0 radical (unpaired) electrons. The van der Waals surface area contributed by atoms with Gasteiger partial charge in [-0.05, 0) is 19.8 Å². The molecule has 1 unspecified atom stereocenters. The van der Waals surface area contributed by atoms with Gasteiger partial charge < -0.3 is 10.6 Å². The van der Waals surface area contributed by atoms with Crippen molar-refractivity contribution >= 4 is 5.95 Å². The number of nitrogens with two attached hydrogens (primary N) is 1. The molecule has 3 heterocycles. The number of alkyl halides is 3. The van der Waals surface area contributed by atoms with Crippen molar-refractivity contribution in [3.8, 4) is 0 Å². The molecule has 2 N–H and O–H groups in total. The highest BCUT2D eigenvalue weighted by Crippen LogP contribution is 2.29. The molecule has 2 aromatic heterocycles. The number of hydrogen-bond donors (Lipinski definition) is 1. The minimum Gasteiger partial charge on any atom is -0.336 e. The minimum absolute atomic E-state index is 0.178. The molecule has 0 bridgehead atoms. The Morgan fingerprint density at radius 1 is 1.28 bits per heavy atom. The predicted octanol–water partition coefficient (Wildman–Crippen LogP) is 2.38. The Bertz CT molecular complexity index is 708. The van der Waals surface area contributed by atoms with E-state index in [1.54, 1.807) is 0 Å². The number of fused-ring (bicyclic) bond motifs is 1. The van der Waals surface area contributed by atoms with Gasteiger partial charge in [-0.2, -0.15) is 18.3 Å². The Labute approximate surface area is 143 Å². The average Bonchev–Trinajstić information content (AvgIpc) is 2.95. The van der Waals surface area contributed by atoms with Gasteiger partial charge in [-0.15, -0.1) is 0 Å². The first-order valence-corrected chi connectivity index (χ1v) is 8.28. The van der Waals surface area contributed by atoms with Crippen molar-refractivity contribution in [2.24, 2.45) is 5.73 Å². The molecule has 2 aromatic rings. The number of nitrogens with zero attached hydrogens (tertiary/aromatic N) is 5. The van der Waals surface area contributed by atoms with Gasteiger partial charge in [-0.1, -0.05) is 0 Å². The van der Waals surface area contributed by atoms with Crippen molar-refractivity contribution in [3.05, 3.63) is 35.4 Å². The van der Waals surface area contributed by atoms with Crippen LogP contribution in [-0.4, -0.2) is 32.3 Å². The fourth-order valence-corrected chi connectivity index (χ4v) is 2.86. The number of hydrogen-bond acceptors (Lipinski definition) is 5. The number of anilines is 1. The summed E-state index contributed by atoms with van der Waals surface area (Å²) in [7, 11) is 0. The summed E-state index contributed by atoms with van der Waals surface area (Å²) in [5.74, 6) is 0.309. The summed E-state index contributed by atoms with van der Waals surface area (Å²) >= 11 is 0. The van der Waals surface area contributed by atoms with Gasteiger partial charge in [0.05, 0.1) is 11.3 Å². The van der Waals surface area contributed by atoms with E-state index < -0.39 is 11.7 Å². The third kappa shape index (κ3) is 4.28. The fraction of sp³-hybridized carbons (Fsp3) is 0.562. The van der Waals surface area contributed by atoms with E-state index in [0.717, 1.165) is 49.5 Å². The first kappa shape index (κ1) is 17.7. The van der Waals surface area contributed by atoms with E-state index in [2.05, 4.69) is 15.1 Å². The highest BCUT2D eigenvalue weighted by atomic mass is 19.4. The highest BCUT2D eigenvalue weighted by Gasteiger charge is 2.32. The largest absolute Gasteiger partial charge is 0.419 e. The third-order valence-electron chi connectivity index (χ3n) is 4.20. The normalized spacial score (nSPS) is 16.0. The van der Waals surface area contributed by atoms with Gasteiger partial charge in [0.2, 0.25) is 5.95 Å². The summed E-state index contributed by atoms with van der Waals surface area (Å²) in [5, 5.41) is 4.58. The lowest BCUT2D eigenvalue weighted by molar-refractivity contribution is -0.138. The second-order valence-electron chi connectivity index (χ2n) is 6.42. The monoisotopic (exact) mass is 354 g/mol. The molecule has 0 saturated carbocycles. The molecular formula is C16H21F3N6. The van der Waals surface area contributed by atoms with Crippen molar-refractivity contribution in [1.29, 1.82) is 0 Å². The lowest BCUT2D eigenvalue weighted by Gasteiger charge is -2.26. The number of halogens is 3. The van der Waals surface area contributed by atoms with Gasteiger partial charge in [0.25, 0.3) is 0 Å². The van der Waals surface area contributed by atoms with Crippen molar-refractivity contribution in [2.45, 2.75) is 51.5 Å². The summed E-state index contributed by atoms with van der Waals surface area (Å²) in [4.78, 5) is 9.61. The molecule has 136 valence electrons. The lowest BCUT2D eigenvalue weighted by atomic mass is 10.1. The van der Waals surface area contributed by atoms with Crippen LogP contribution in [0.25, 0.3) is 0 Å². The zero-order valence-electron chi connectivity index (χ0n) is 14.0. The molecular weight excluding hydrogens is 333 g/mol. The van der Waals surface area contributed by atoms with Crippen LogP contribution >= 0.6 is 0 Å². The molecule has 0 saturated heterocycles. The third-order valence-corrected chi connectivity index (χ3v) is 4.20. The zero-order valence-corrected chi connectivity index (χ0v) is 14.0. The Morgan fingerprint density at radius 2 is 2.00 bits per heavy atom. The van der Waals surface area contributed by atoms with Gasteiger partial charge in [0.1, 0.15) is 0 Å². The van der Waals surface area contributed by atoms with E-state index in [1.165, 1.54) is 0 Å². The van der Waals surface area contributed by atoms with Gasteiger partial charge in [0.15, 0.2) is 0 Å². The van der Waals surface area contributed by atoms with E-state index in [-0.39, 0.29) is 6.04 Å². The van der Waals surface area contributed by atoms with Crippen LogP contribution in [0.4, 0.5) is 19.1 Å². The maximum absolute atomic E-state index is 12.6. The molecule has 1 aliphatic heterocycles. The van der Waals surface area contributed by atoms with Crippen molar-refractivity contribution in [3.63, 3.8) is 0 Å². The maximum Gasteiger partial charge on any atom is 0.419 e. The first-order chi connectivity index (χ1) is 11.8. The summed E-state index contributed by atoms with van der Waals surface area (Å²) < 4.78 is 39.7. The van der Waals surface area contributed by atoms with Crippen LogP contribution < -0.4 is 10.6 Å². The molecule has 0 amide bonds. The average molecular weight is 354 g/mol. The van der Waals surface area contributed by atoms with Crippen LogP contribution in [0.3, 0.4) is 0 Å². The molecule has 25 heavy (non-hydrogen) atoms. The van der Waals surface area contributed by atoms with E-state index in [9.17, 15) is 13.2 Å². The van der Waals surface area contributed by atoms with E-state index in [1.807, 2.05) is 22.7 Å². The second kappa shape index (κ2) is 6.99. The Hall–Kier alpha value is -2.16. The molecule has 6 nitrogen and oxygen atoms in total. The Kier molecular flexibility index (Phi) is 4.94. The molecule has 0 fully saturated rings. The molecule has 0 aromatic carbocycles. The topological polar surface area (TPSA) is 72.9 Å². The number of aromatic nitrogens is 4. The molecule has 0 aliphatic carbocycles. The van der Waals surface area contributed by atoms with Gasteiger partial charge in [-0.3, -0.25) is 4.68 Å². The molecule has 0 spiro atoms. The van der Waals surface area contributed by atoms with E-state index >= 15 is 0 Å². The van der Waals surface area contributed by atoms with Crippen LogP contribution in [0.15, 0.2) is 18.6 Å². The molecule has 3 rings (SSSR count). The summed E-state index contributed by atoms with van der Waals surface area (Å²) in [6.07, 6.45) is 1.85. The summed E-state index contributed by atoms with van der Waals surface area (Å²) in [6.45, 7) is 3.98. The van der Waals surface area contributed by atoms with Crippen LogP contribution in [-0.2, 0) is 25.7 Å². The smallest absolute Gasteiger partial charge is 0.336 e. The number of aryl methyl sites for hydroxylation is 1. The second-order valence-corrected chi connectivity index (χ2v) is 6.42. The quantitative estimate of drug-likeness (QED) is 0.892. The van der Waals surface area contributed by atoms with Crippen LogP contribution in [0.5, 0.6) is 0 Å². The van der Waals surface area contributed by atoms with Crippen molar-refractivity contribution in [1.82, 2.24) is 19.7 Å². The first-order valence-electron chi connectivity index (χ1n) is 8.28. The standard InChI is InChI=1S/C16H21F3N6/c1-11(20)3-2-5-25-10-12-9-24(6-4-14(12)23-25)15-21-7-13(8-22-15)16(17,18)19/h7-8,10-11H,2-6,9,20H2,1H3. The Balaban J connectivity index is 1.65. The van der Waals surface area contributed by atoms with Crippen molar-refractivity contribution in [2.75, 3.05) is 11.4 Å². The highest BCUT2D eigenvalue weighted by molar-refractivity contribution is 5.37. The SMILES string of the molecule is CC(N)CCCn1cc2c(n1)CCN(c1ncc(C(F)(F)F)cn1)C2. The van der Waals surface area contributed by atoms with Gasteiger partial charge in [-0.25, -0.2) is 9.97 Å².